The minimum Gasteiger partial charge on any atom is -0.342 e. The minimum atomic E-state index is -0.694. The molecule has 3 saturated heterocycles. The molecule has 3 aliphatic heterocycles. The highest BCUT2D eigenvalue weighted by molar-refractivity contribution is 6.07. The van der Waals surface area contributed by atoms with Crippen molar-refractivity contribution < 1.29 is 14.4 Å². The van der Waals surface area contributed by atoms with Crippen LogP contribution in [0.3, 0.4) is 0 Å². The molecular weight excluding hydrogens is 332 g/mol. The molecule has 0 bridgehead atoms. The summed E-state index contributed by atoms with van der Waals surface area (Å²) in [7, 11) is 2.04. The Labute approximate surface area is 155 Å². The summed E-state index contributed by atoms with van der Waals surface area (Å²) in [5.41, 5.74) is -0.694. The van der Waals surface area contributed by atoms with E-state index in [9.17, 15) is 14.4 Å². The van der Waals surface area contributed by atoms with Crippen LogP contribution in [0.25, 0.3) is 0 Å². The molecule has 0 aromatic carbocycles. The molecule has 26 heavy (non-hydrogen) atoms. The zero-order valence-corrected chi connectivity index (χ0v) is 15.7. The van der Waals surface area contributed by atoms with Crippen molar-refractivity contribution in [1.29, 1.82) is 0 Å². The lowest BCUT2D eigenvalue weighted by molar-refractivity contribution is -0.138. The molecule has 144 valence electrons. The van der Waals surface area contributed by atoms with Crippen LogP contribution in [0.4, 0.5) is 4.79 Å². The summed E-state index contributed by atoms with van der Waals surface area (Å²) in [5, 5.41) is 3.00. The summed E-state index contributed by atoms with van der Waals surface area (Å²) in [6.45, 7) is 2.97. The van der Waals surface area contributed by atoms with E-state index in [4.69, 9.17) is 0 Å². The predicted molar refractivity (Wildman–Crippen MR) is 96.4 cm³/mol. The monoisotopic (exact) mass is 362 g/mol. The van der Waals surface area contributed by atoms with E-state index >= 15 is 0 Å². The number of carbonyl (C=O) groups excluding carboxylic acids is 3. The van der Waals surface area contributed by atoms with Gasteiger partial charge in [0.15, 0.2) is 0 Å². The van der Waals surface area contributed by atoms with Crippen LogP contribution in [0.1, 0.15) is 51.4 Å². The number of hydrogen-bond acceptors (Lipinski definition) is 4. The van der Waals surface area contributed by atoms with Crippen molar-refractivity contribution in [3.63, 3.8) is 0 Å². The molecule has 3 heterocycles. The second-order valence-corrected chi connectivity index (χ2v) is 8.53. The molecule has 4 aliphatic rings. The van der Waals surface area contributed by atoms with Gasteiger partial charge in [-0.2, -0.15) is 0 Å². The zero-order valence-electron chi connectivity index (χ0n) is 15.7. The van der Waals surface area contributed by atoms with Gasteiger partial charge in [-0.1, -0.05) is 12.8 Å². The summed E-state index contributed by atoms with van der Waals surface area (Å²) in [6, 6.07) is -0.311. The van der Waals surface area contributed by atoms with Crippen molar-refractivity contribution in [3.8, 4) is 0 Å². The van der Waals surface area contributed by atoms with Crippen LogP contribution >= 0.6 is 0 Å². The molecule has 7 nitrogen and oxygen atoms in total. The third kappa shape index (κ3) is 3.00. The Kier molecular flexibility index (Phi) is 4.67. The fourth-order valence-electron chi connectivity index (χ4n) is 5.09. The van der Waals surface area contributed by atoms with Crippen LogP contribution < -0.4 is 5.32 Å². The number of hydrogen-bond donors (Lipinski definition) is 1. The first-order valence-corrected chi connectivity index (χ1v) is 10.1. The maximum absolute atomic E-state index is 13.1. The van der Waals surface area contributed by atoms with Crippen molar-refractivity contribution >= 4 is 17.8 Å². The van der Waals surface area contributed by atoms with Gasteiger partial charge in [-0.25, -0.2) is 4.79 Å². The van der Waals surface area contributed by atoms with Crippen molar-refractivity contribution in [3.05, 3.63) is 0 Å². The molecule has 4 rings (SSSR count). The summed E-state index contributed by atoms with van der Waals surface area (Å²) in [5.74, 6) is 0.437. The van der Waals surface area contributed by atoms with Gasteiger partial charge in [-0.05, 0) is 45.6 Å². The Hall–Kier alpha value is -1.63. The van der Waals surface area contributed by atoms with Gasteiger partial charge >= 0.3 is 6.03 Å². The number of urea groups is 1. The first-order valence-electron chi connectivity index (χ1n) is 10.1. The Morgan fingerprint density at radius 3 is 2.23 bits per heavy atom. The first-order chi connectivity index (χ1) is 12.5. The SMILES string of the molecule is CN1CCC2(CC1)NC(=O)N(C1CCN(C(=O)C3CCCC3)CC1)C2=O. The van der Waals surface area contributed by atoms with E-state index in [2.05, 4.69) is 10.2 Å². The average molecular weight is 362 g/mol. The molecule has 1 N–H and O–H groups in total. The third-order valence-electron chi connectivity index (χ3n) is 6.88. The fraction of sp³-hybridized carbons (Fsp3) is 0.842. The van der Waals surface area contributed by atoms with E-state index in [0.29, 0.717) is 38.8 Å². The van der Waals surface area contributed by atoms with Gasteiger partial charge in [0.2, 0.25) is 5.91 Å². The van der Waals surface area contributed by atoms with Crippen LogP contribution in [0.5, 0.6) is 0 Å². The van der Waals surface area contributed by atoms with E-state index in [0.717, 1.165) is 38.8 Å². The zero-order chi connectivity index (χ0) is 18.3. The van der Waals surface area contributed by atoms with Gasteiger partial charge in [0, 0.05) is 38.1 Å². The third-order valence-corrected chi connectivity index (χ3v) is 6.88. The molecule has 1 aliphatic carbocycles. The fourth-order valence-corrected chi connectivity index (χ4v) is 5.09. The lowest BCUT2D eigenvalue weighted by Gasteiger charge is -2.38. The van der Waals surface area contributed by atoms with Crippen molar-refractivity contribution in [2.75, 3.05) is 33.2 Å². The molecule has 1 spiro atoms. The van der Waals surface area contributed by atoms with Crippen LogP contribution in [0.15, 0.2) is 0 Å². The number of likely N-dealkylation sites (tertiary alicyclic amines) is 2. The molecule has 4 fully saturated rings. The molecule has 0 aromatic rings. The lowest BCUT2D eigenvalue weighted by atomic mass is 9.87. The van der Waals surface area contributed by atoms with E-state index < -0.39 is 5.54 Å². The Morgan fingerprint density at radius 2 is 1.62 bits per heavy atom. The van der Waals surface area contributed by atoms with Gasteiger partial charge < -0.3 is 15.1 Å². The smallest absolute Gasteiger partial charge is 0.325 e. The molecule has 4 amide bonds. The highest BCUT2D eigenvalue weighted by Gasteiger charge is 2.54. The predicted octanol–water partition coefficient (Wildman–Crippen LogP) is 1.18. The Morgan fingerprint density at radius 1 is 1.00 bits per heavy atom. The van der Waals surface area contributed by atoms with Crippen molar-refractivity contribution in [2.24, 2.45) is 5.92 Å². The van der Waals surface area contributed by atoms with E-state index in [1.165, 1.54) is 4.90 Å². The molecule has 0 aromatic heterocycles. The van der Waals surface area contributed by atoms with E-state index in [1.54, 1.807) is 0 Å². The van der Waals surface area contributed by atoms with Crippen molar-refractivity contribution in [2.45, 2.75) is 62.9 Å². The lowest BCUT2D eigenvalue weighted by Crippen LogP contribution is -2.55. The number of piperidine rings is 2. The maximum Gasteiger partial charge on any atom is 0.325 e. The van der Waals surface area contributed by atoms with Crippen LogP contribution in [0.2, 0.25) is 0 Å². The summed E-state index contributed by atoms with van der Waals surface area (Å²) < 4.78 is 0. The van der Waals surface area contributed by atoms with Gasteiger partial charge in [0.1, 0.15) is 5.54 Å². The van der Waals surface area contributed by atoms with Crippen LogP contribution in [-0.2, 0) is 9.59 Å². The minimum absolute atomic E-state index is 0.0452. The second-order valence-electron chi connectivity index (χ2n) is 8.53. The molecule has 7 heteroatoms. The quantitative estimate of drug-likeness (QED) is 0.749. The van der Waals surface area contributed by atoms with Crippen LogP contribution in [-0.4, -0.2) is 77.4 Å². The summed E-state index contributed by atoms with van der Waals surface area (Å²) in [6.07, 6.45) is 7.12. The van der Waals surface area contributed by atoms with Gasteiger partial charge in [-0.3, -0.25) is 14.5 Å². The van der Waals surface area contributed by atoms with Gasteiger partial charge in [0.05, 0.1) is 0 Å². The van der Waals surface area contributed by atoms with E-state index in [1.807, 2.05) is 11.9 Å². The number of amides is 4. The second kappa shape index (κ2) is 6.83. The average Bonchev–Trinajstić information content (AvgIpc) is 3.25. The first kappa shape index (κ1) is 17.8. The summed E-state index contributed by atoms with van der Waals surface area (Å²) >= 11 is 0. The summed E-state index contributed by atoms with van der Waals surface area (Å²) in [4.78, 5) is 43.8. The highest BCUT2D eigenvalue weighted by Crippen LogP contribution is 2.33. The standard InChI is InChI=1S/C19H30N4O3/c1-21-12-8-19(9-13-21)17(25)23(18(26)20-19)15-6-10-22(11-7-15)16(24)14-4-2-3-5-14/h14-15H,2-13H2,1H3,(H,20,26). The van der Waals surface area contributed by atoms with Gasteiger partial charge in [0.25, 0.3) is 5.91 Å². The van der Waals surface area contributed by atoms with E-state index in [-0.39, 0.29) is 29.8 Å². The molecular formula is C19H30N4O3. The number of nitrogens with one attached hydrogen (secondary N) is 1. The number of carbonyl (C=O) groups is 3. The topological polar surface area (TPSA) is 73.0 Å². The normalized spacial score (nSPS) is 28.2. The highest BCUT2D eigenvalue weighted by atomic mass is 16.2. The largest absolute Gasteiger partial charge is 0.342 e. The Balaban J connectivity index is 1.37. The number of imide groups is 1. The Bertz CT molecular complexity index is 586. The number of rotatable bonds is 2. The van der Waals surface area contributed by atoms with Gasteiger partial charge in [-0.15, -0.1) is 0 Å². The molecule has 1 saturated carbocycles. The molecule has 0 radical (unpaired) electrons. The maximum atomic E-state index is 13.1. The van der Waals surface area contributed by atoms with Crippen LogP contribution in [0, 0.1) is 5.92 Å². The molecule has 0 unspecified atom stereocenters. The van der Waals surface area contributed by atoms with Crippen molar-refractivity contribution in [1.82, 2.24) is 20.0 Å². The number of nitrogens with zero attached hydrogens (tertiary/aromatic N) is 3. The molecule has 0 atom stereocenters.